The fourth-order valence-electron chi connectivity index (χ4n) is 1.94. The lowest BCUT2D eigenvalue weighted by molar-refractivity contribution is 0.896. The molecule has 0 aliphatic heterocycles. The van der Waals surface area contributed by atoms with Crippen LogP contribution in [-0.2, 0) is 13.0 Å². The monoisotopic (exact) mass is 257 g/mol. The Bertz CT molecular complexity index is 512. The summed E-state index contributed by atoms with van der Waals surface area (Å²) in [7, 11) is 1.88. The molecule has 0 aromatic carbocycles. The smallest absolute Gasteiger partial charge is 0.135 e. The molecule has 0 spiro atoms. The first-order chi connectivity index (χ1) is 9.35. The number of pyridine rings is 1. The van der Waals surface area contributed by atoms with E-state index in [0.29, 0.717) is 6.54 Å². The molecule has 0 radical (unpaired) electrons. The average Bonchev–Trinajstić information content (AvgIpc) is 2.47. The molecule has 2 heterocycles. The lowest BCUT2D eigenvalue weighted by atomic mass is 10.1. The summed E-state index contributed by atoms with van der Waals surface area (Å²) in [6.45, 7) is 2.81. The summed E-state index contributed by atoms with van der Waals surface area (Å²) in [6, 6.07) is 5.89. The number of aromatic nitrogens is 3. The summed E-state index contributed by atoms with van der Waals surface area (Å²) >= 11 is 0. The third kappa shape index (κ3) is 3.40. The highest BCUT2D eigenvalue weighted by atomic mass is 15.1. The quantitative estimate of drug-likeness (QED) is 0.832. The van der Waals surface area contributed by atoms with Gasteiger partial charge in [-0.25, -0.2) is 9.97 Å². The molecule has 0 atom stereocenters. The number of rotatable bonds is 6. The van der Waals surface area contributed by atoms with Crippen molar-refractivity contribution in [3.63, 3.8) is 0 Å². The van der Waals surface area contributed by atoms with Crippen molar-refractivity contribution >= 4 is 11.6 Å². The normalized spacial score (nSPS) is 10.2. The van der Waals surface area contributed by atoms with Crippen molar-refractivity contribution in [1.29, 1.82) is 0 Å². The van der Waals surface area contributed by atoms with Crippen LogP contribution < -0.4 is 10.6 Å². The highest BCUT2D eigenvalue weighted by molar-refractivity contribution is 5.57. The van der Waals surface area contributed by atoms with Crippen LogP contribution in [0, 0.1) is 0 Å². The summed E-state index contributed by atoms with van der Waals surface area (Å²) in [5.74, 6) is 1.77. The average molecular weight is 257 g/mol. The second-order valence-electron chi connectivity index (χ2n) is 4.22. The molecule has 5 nitrogen and oxygen atoms in total. The van der Waals surface area contributed by atoms with E-state index in [4.69, 9.17) is 0 Å². The third-order valence-electron chi connectivity index (χ3n) is 2.85. The molecular formula is C14H19N5. The van der Waals surface area contributed by atoms with Crippen LogP contribution in [0.5, 0.6) is 0 Å². The topological polar surface area (TPSA) is 62.7 Å². The second kappa shape index (κ2) is 6.68. The maximum absolute atomic E-state index is 4.33. The van der Waals surface area contributed by atoms with Gasteiger partial charge in [0.15, 0.2) is 0 Å². The molecule has 2 aromatic heterocycles. The van der Waals surface area contributed by atoms with Crippen molar-refractivity contribution in [3.05, 3.63) is 42.0 Å². The van der Waals surface area contributed by atoms with Gasteiger partial charge in [-0.1, -0.05) is 19.4 Å². The highest BCUT2D eigenvalue weighted by Crippen LogP contribution is 2.21. The van der Waals surface area contributed by atoms with E-state index in [1.54, 1.807) is 12.5 Å². The Morgan fingerprint density at radius 1 is 1.11 bits per heavy atom. The first-order valence-corrected chi connectivity index (χ1v) is 6.50. The number of hydrogen-bond acceptors (Lipinski definition) is 5. The van der Waals surface area contributed by atoms with Gasteiger partial charge in [0.25, 0.3) is 0 Å². The minimum atomic E-state index is 0.664. The van der Waals surface area contributed by atoms with Gasteiger partial charge in [0.2, 0.25) is 0 Å². The largest absolute Gasteiger partial charge is 0.373 e. The van der Waals surface area contributed by atoms with Crippen molar-refractivity contribution in [2.24, 2.45) is 0 Å². The SMILES string of the molecule is CCCc1c(NC)ncnc1NCc1ccccn1. The molecule has 5 heteroatoms. The fourth-order valence-corrected chi connectivity index (χ4v) is 1.94. The molecule has 0 saturated heterocycles. The number of nitrogens with one attached hydrogen (secondary N) is 2. The zero-order chi connectivity index (χ0) is 13.5. The molecule has 0 amide bonds. The summed E-state index contributed by atoms with van der Waals surface area (Å²) in [6.07, 6.45) is 5.37. The maximum Gasteiger partial charge on any atom is 0.135 e. The van der Waals surface area contributed by atoms with E-state index in [1.807, 2.05) is 25.2 Å². The van der Waals surface area contributed by atoms with E-state index in [0.717, 1.165) is 35.7 Å². The number of nitrogens with zero attached hydrogens (tertiary/aromatic N) is 3. The van der Waals surface area contributed by atoms with Crippen LogP contribution in [0.15, 0.2) is 30.7 Å². The van der Waals surface area contributed by atoms with Crippen molar-refractivity contribution in [3.8, 4) is 0 Å². The van der Waals surface area contributed by atoms with Gasteiger partial charge in [-0.2, -0.15) is 0 Å². The van der Waals surface area contributed by atoms with Gasteiger partial charge in [-0.15, -0.1) is 0 Å². The summed E-state index contributed by atoms with van der Waals surface area (Å²) in [4.78, 5) is 12.9. The highest BCUT2D eigenvalue weighted by Gasteiger charge is 2.09. The van der Waals surface area contributed by atoms with Gasteiger partial charge >= 0.3 is 0 Å². The van der Waals surface area contributed by atoms with Gasteiger partial charge in [0.1, 0.15) is 18.0 Å². The molecule has 0 aliphatic rings. The minimum Gasteiger partial charge on any atom is -0.373 e. The third-order valence-corrected chi connectivity index (χ3v) is 2.85. The molecule has 2 rings (SSSR count). The fraction of sp³-hybridized carbons (Fsp3) is 0.357. The van der Waals surface area contributed by atoms with Crippen LogP contribution in [0.1, 0.15) is 24.6 Å². The van der Waals surface area contributed by atoms with Crippen molar-refractivity contribution in [2.75, 3.05) is 17.7 Å². The van der Waals surface area contributed by atoms with Crippen LogP contribution in [0.25, 0.3) is 0 Å². The Morgan fingerprint density at radius 3 is 2.63 bits per heavy atom. The van der Waals surface area contributed by atoms with E-state index >= 15 is 0 Å². The zero-order valence-corrected chi connectivity index (χ0v) is 11.3. The van der Waals surface area contributed by atoms with Gasteiger partial charge < -0.3 is 10.6 Å². The molecular weight excluding hydrogens is 238 g/mol. The first kappa shape index (κ1) is 13.3. The van der Waals surface area contributed by atoms with Crippen LogP contribution in [0.2, 0.25) is 0 Å². The molecule has 2 N–H and O–H groups in total. The van der Waals surface area contributed by atoms with Crippen LogP contribution in [0.4, 0.5) is 11.6 Å². The molecule has 2 aromatic rings. The first-order valence-electron chi connectivity index (χ1n) is 6.50. The Morgan fingerprint density at radius 2 is 1.95 bits per heavy atom. The maximum atomic E-state index is 4.33. The Balaban J connectivity index is 2.15. The van der Waals surface area contributed by atoms with Crippen molar-refractivity contribution in [2.45, 2.75) is 26.3 Å². The molecule has 0 saturated carbocycles. The molecule has 0 fully saturated rings. The Kier molecular flexibility index (Phi) is 4.66. The predicted octanol–water partition coefficient (Wildman–Crippen LogP) is 2.48. The summed E-state index contributed by atoms with van der Waals surface area (Å²) < 4.78 is 0. The zero-order valence-electron chi connectivity index (χ0n) is 11.3. The predicted molar refractivity (Wildman–Crippen MR) is 77.1 cm³/mol. The number of hydrogen-bond donors (Lipinski definition) is 2. The Hall–Kier alpha value is -2.17. The second-order valence-corrected chi connectivity index (χ2v) is 4.22. The summed E-state index contributed by atoms with van der Waals surface area (Å²) in [5, 5.41) is 6.45. The van der Waals surface area contributed by atoms with E-state index in [9.17, 15) is 0 Å². The molecule has 0 bridgehead atoms. The van der Waals surface area contributed by atoms with Gasteiger partial charge in [-0.3, -0.25) is 4.98 Å². The lowest BCUT2D eigenvalue weighted by Gasteiger charge is -2.13. The molecule has 0 aliphatic carbocycles. The molecule has 0 unspecified atom stereocenters. The molecule has 100 valence electrons. The van der Waals surface area contributed by atoms with E-state index < -0.39 is 0 Å². The summed E-state index contributed by atoms with van der Waals surface area (Å²) in [5.41, 5.74) is 2.12. The van der Waals surface area contributed by atoms with Crippen molar-refractivity contribution in [1.82, 2.24) is 15.0 Å². The van der Waals surface area contributed by atoms with Crippen LogP contribution >= 0.6 is 0 Å². The van der Waals surface area contributed by atoms with E-state index in [-0.39, 0.29) is 0 Å². The van der Waals surface area contributed by atoms with Gasteiger partial charge in [0, 0.05) is 18.8 Å². The lowest BCUT2D eigenvalue weighted by Crippen LogP contribution is -2.09. The van der Waals surface area contributed by atoms with Crippen LogP contribution in [-0.4, -0.2) is 22.0 Å². The van der Waals surface area contributed by atoms with Crippen molar-refractivity contribution < 1.29 is 0 Å². The van der Waals surface area contributed by atoms with Gasteiger partial charge in [0.05, 0.1) is 12.2 Å². The Labute approximate surface area is 113 Å². The van der Waals surface area contributed by atoms with Crippen LogP contribution in [0.3, 0.4) is 0 Å². The van der Waals surface area contributed by atoms with Gasteiger partial charge in [-0.05, 0) is 18.6 Å². The standard InChI is InChI=1S/C14H19N5/c1-3-6-12-13(15-2)18-10-19-14(12)17-9-11-7-4-5-8-16-11/h4-5,7-8,10H,3,6,9H2,1-2H3,(H2,15,17,18,19). The molecule has 19 heavy (non-hydrogen) atoms. The van der Waals surface area contributed by atoms with E-state index in [1.165, 1.54) is 0 Å². The minimum absolute atomic E-state index is 0.664. The van der Waals surface area contributed by atoms with E-state index in [2.05, 4.69) is 32.5 Å². The number of anilines is 2.